The van der Waals surface area contributed by atoms with Gasteiger partial charge in [-0.25, -0.2) is 9.37 Å². The molecule has 0 bridgehead atoms. The Morgan fingerprint density at radius 2 is 1.94 bits per heavy atom. The third-order valence-corrected chi connectivity index (χ3v) is 4.04. The molecule has 3 aromatic rings. The topological polar surface area (TPSA) is 133 Å². The summed E-state index contributed by atoms with van der Waals surface area (Å²) in [6.07, 6.45) is -5.63. The van der Waals surface area contributed by atoms with Crippen LogP contribution in [0.15, 0.2) is 30.5 Å². The third-order valence-electron chi connectivity index (χ3n) is 4.04. The first-order chi connectivity index (χ1) is 15.1. The molecule has 2 heterocycles. The zero-order valence-electron chi connectivity index (χ0n) is 16.6. The maximum absolute atomic E-state index is 14.0. The number of carbonyl (C=O) groups is 1. The molecule has 0 saturated heterocycles. The minimum atomic E-state index is -4.45. The summed E-state index contributed by atoms with van der Waals surface area (Å²) in [4.78, 5) is 23.3. The Bertz CT molecular complexity index is 1090. The van der Waals surface area contributed by atoms with E-state index >= 15 is 0 Å². The largest absolute Gasteiger partial charge is 0.497 e. The second kappa shape index (κ2) is 9.45. The number of nitrogens with two attached hydrogens (primary N) is 1. The molecule has 10 nitrogen and oxygen atoms in total. The number of halogens is 4. The first kappa shape index (κ1) is 22.7. The molecule has 0 spiro atoms. The van der Waals surface area contributed by atoms with Gasteiger partial charge in [-0.05, 0) is 24.3 Å². The molecule has 14 heteroatoms. The highest BCUT2D eigenvalue weighted by molar-refractivity contribution is 5.82. The molecule has 0 radical (unpaired) electrons. The molecule has 0 amide bonds. The van der Waals surface area contributed by atoms with E-state index in [1.54, 1.807) is 24.3 Å². The van der Waals surface area contributed by atoms with Gasteiger partial charge in [-0.3, -0.25) is 4.79 Å². The quantitative estimate of drug-likeness (QED) is 0.417. The van der Waals surface area contributed by atoms with Crippen LogP contribution < -0.4 is 21.1 Å². The van der Waals surface area contributed by atoms with Crippen molar-refractivity contribution in [1.29, 1.82) is 0 Å². The van der Waals surface area contributed by atoms with Crippen molar-refractivity contribution in [2.45, 2.75) is 19.0 Å². The van der Waals surface area contributed by atoms with E-state index in [9.17, 15) is 22.4 Å². The maximum atomic E-state index is 14.0. The fraction of sp³-hybridized carbons (Fsp3) is 0.278. The second-order valence-corrected chi connectivity index (χ2v) is 6.43. The average Bonchev–Trinajstić information content (AvgIpc) is 3.11. The molecule has 0 unspecified atom stereocenters. The fourth-order valence-corrected chi connectivity index (χ4v) is 2.46. The number of ketones is 1. The van der Waals surface area contributed by atoms with Crippen molar-refractivity contribution in [1.82, 2.24) is 24.7 Å². The fourth-order valence-electron chi connectivity index (χ4n) is 2.46. The number of methoxy groups -OCH3 is 1. The summed E-state index contributed by atoms with van der Waals surface area (Å²) in [5.74, 6) is -1.57. The Morgan fingerprint density at radius 3 is 2.59 bits per heavy atom. The van der Waals surface area contributed by atoms with Gasteiger partial charge in [-0.2, -0.15) is 27.8 Å². The van der Waals surface area contributed by atoms with E-state index in [0.717, 1.165) is 10.9 Å². The molecule has 32 heavy (non-hydrogen) atoms. The lowest BCUT2D eigenvalue weighted by molar-refractivity contribution is -0.142. The molecule has 0 aliphatic rings. The highest BCUT2D eigenvalue weighted by Gasteiger charge is 2.27. The van der Waals surface area contributed by atoms with Crippen LogP contribution in [0.3, 0.4) is 0 Å². The number of Topliss-reactive ketones (excluding diaryl/α,β-unsaturated/α-hetero) is 1. The molecule has 0 atom stereocenters. The summed E-state index contributed by atoms with van der Waals surface area (Å²) in [5, 5.41) is 9.39. The lowest BCUT2D eigenvalue weighted by Gasteiger charge is -2.09. The van der Waals surface area contributed by atoms with Gasteiger partial charge in [-0.15, -0.1) is 5.10 Å². The summed E-state index contributed by atoms with van der Waals surface area (Å²) in [7, 11) is 1.54. The van der Waals surface area contributed by atoms with Crippen LogP contribution in [-0.2, 0) is 4.79 Å². The first-order valence-corrected chi connectivity index (χ1v) is 9.13. The molecule has 2 aromatic heterocycles. The van der Waals surface area contributed by atoms with Crippen molar-refractivity contribution >= 4 is 29.2 Å². The number of nitrogen functional groups attached to an aromatic ring is 1. The van der Waals surface area contributed by atoms with E-state index in [1.165, 1.54) is 7.11 Å². The highest BCUT2D eigenvalue weighted by atomic mass is 19.4. The van der Waals surface area contributed by atoms with Crippen LogP contribution in [0.1, 0.15) is 12.8 Å². The van der Waals surface area contributed by atoms with Crippen LogP contribution in [-0.4, -0.2) is 50.3 Å². The van der Waals surface area contributed by atoms with Crippen LogP contribution >= 0.6 is 0 Å². The average molecular weight is 454 g/mol. The van der Waals surface area contributed by atoms with Crippen LogP contribution in [0.25, 0.3) is 5.95 Å². The second-order valence-electron chi connectivity index (χ2n) is 6.43. The van der Waals surface area contributed by atoms with Gasteiger partial charge in [0.25, 0.3) is 5.95 Å². The standard InChI is InChI=1S/C18H18F4N8O2/c1-32-12-4-2-10(3-5-12)26-16-28-15(23)30(29-16)17-25-9-13(19)14(27-17)24-8-11(31)6-7-18(20,21)22/h2-5,9H,6-8H2,1H3,(H,24,25,27)(H3,23,26,28,29). The van der Waals surface area contributed by atoms with E-state index in [-0.39, 0.29) is 17.8 Å². The van der Waals surface area contributed by atoms with Crippen molar-refractivity contribution in [3.8, 4) is 11.7 Å². The van der Waals surface area contributed by atoms with E-state index in [2.05, 4.69) is 30.7 Å². The van der Waals surface area contributed by atoms with Crippen LogP contribution in [0.5, 0.6) is 5.75 Å². The predicted octanol–water partition coefficient (Wildman–Crippen LogP) is 2.85. The number of aromatic nitrogens is 5. The summed E-state index contributed by atoms with van der Waals surface area (Å²) < 4.78 is 56.7. The number of nitrogens with zero attached hydrogens (tertiary/aromatic N) is 5. The van der Waals surface area contributed by atoms with Gasteiger partial charge in [0.1, 0.15) is 5.75 Å². The number of hydrogen-bond acceptors (Lipinski definition) is 9. The molecule has 1 aromatic carbocycles. The first-order valence-electron chi connectivity index (χ1n) is 9.13. The van der Waals surface area contributed by atoms with Gasteiger partial charge in [0.15, 0.2) is 17.4 Å². The van der Waals surface area contributed by atoms with Crippen LogP contribution in [0.2, 0.25) is 0 Å². The minimum absolute atomic E-state index is 0.109. The molecule has 170 valence electrons. The SMILES string of the molecule is COc1ccc(Nc2nc(N)n(-c3ncc(F)c(NCC(=O)CCC(F)(F)F)n3)n2)cc1. The Morgan fingerprint density at radius 1 is 1.22 bits per heavy atom. The molecule has 0 saturated carbocycles. The van der Waals surface area contributed by atoms with Gasteiger partial charge in [0, 0.05) is 12.1 Å². The van der Waals surface area contributed by atoms with Crippen molar-refractivity contribution in [3.05, 3.63) is 36.3 Å². The van der Waals surface area contributed by atoms with Crippen molar-refractivity contribution in [3.63, 3.8) is 0 Å². The number of hydrogen-bond donors (Lipinski definition) is 3. The van der Waals surface area contributed by atoms with Crippen molar-refractivity contribution in [2.24, 2.45) is 0 Å². The van der Waals surface area contributed by atoms with E-state index in [0.29, 0.717) is 11.4 Å². The molecular formula is C18H18F4N8O2. The van der Waals surface area contributed by atoms with Gasteiger partial charge >= 0.3 is 6.18 Å². The zero-order chi connectivity index (χ0) is 23.3. The van der Waals surface area contributed by atoms with E-state index in [4.69, 9.17) is 10.5 Å². The number of nitrogens with one attached hydrogen (secondary N) is 2. The smallest absolute Gasteiger partial charge is 0.389 e. The summed E-state index contributed by atoms with van der Waals surface area (Å²) in [6.45, 7) is -0.541. The molecule has 0 fully saturated rings. The number of benzene rings is 1. The van der Waals surface area contributed by atoms with Gasteiger partial charge in [-0.1, -0.05) is 0 Å². The van der Waals surface area contributed by atoms with E-state index in [1.807, 2.05) is 0 Å². The lowest BCUT2D eigenvalue weighted by Crippen LogP contribution is -2.19. The number of rotatable bonds is 9. The zero-order valence-corrected chi connectivity index (χ0v) is 16.6. The number of alkyl halides is 3. The Balaban J connectivity index is 1.70. The molecule has 0 aliphatic carbocycles. The van der Waals surface area contributed by atoms with Crippen LogP contribution in [0, 0.1) is 5.82 Å². The van der Waals surface area contributed by atoms with E-state index < -0.39 is 43.0 Å². The maximum Gasteiger partial charge on any atom is 0.389 e. The van der Waals surface area contributed by atoms with Gasteiger partial charge in [0.05, 0.1) is 26.3 Å². The minimum Gasteiger partial charge on any atom is -0.497 e. The Kier molecular flexibility index (Phi) is 6.70. The Labute approximate surface area is 178 Å². The summed E-state index contributed by atoms with van der Waals surface area (Å²) in [5.41, 5.74) is 6.48. The number of ether oxygens (including phenoxy) is 1. The highest BCUT2D eigenvalue weighted by Crippen LogP contribution is 2.22. The summed E-state index contributed by atoms with van der Waals surface area (Å²) >= 11 is 0. The molecule has 4 N–H and O–H groups in total. The van der Waals surface area contributed by atoms with Gasteiger partial charge in [0.2, 0.25) is 11.9 Å². The predicted molar refractivity (Wildman–Crippen MR) is 106 cm³/mol. The molecular weight excluding hydrogens is 436 g/mol. The van der Waals surface area contributed by atoms with Crippen molar-refractivity contribution in [2.75, 3.05) is 30.0 Å². The molecule has 0 aliphatic heterocycles. The number of carbonyl (C=O) groups excluding carboxylic acids is 1. The normalized spacial score (nSPS) is 11.3. The lowest BCUT2D eigenvalue weighted by atomic mass is 10.2. The summed E-state index contributed by atoms with van der Waals surface area (Å²) in [6, 6.07) is 6.89. The van der Waals surface area contributed by atoms with Crippen molar-refractivity contribution < 1.29 is 27.1 Å². The molecule has 3 rings (SSSR count). The Hall–Kier alpha value is -3.97. The van der Waals surface area contributed by atoms with Crippen LogP contribution in [0.4, 0.5) is 41.0 Å². The number of anilines is 4. The monoisotopic (exact) mass is 454 g/mol. The van der Waals surface area contributed by atoms with Gasteiger partial charge < -0.3 is 21.1 Å². The third kappa shape index (κ3) is 6.02.